The van der Waals surface area contributed by atoms with Crippen molar-refractivity contribution in [1.29, 1.82) is 0 Å². The van der Waals surface area contributed by atoms with Gasteiger partial charge >= 0.3 is 6.03 Å². The van der Waals surface area contributed by atoms with E-state index in [9.17, 15) is 9.59 Å². The third-order valence-electron chi connectivity index (χ3n) is 3.91. The number of tetrazole rings is 1. The van der Waals surface area contributed by atoms with Crippen LogP contribution < -0.4 is 5.32 Å². The Morgan fingerprint density at radius 1 is 1.12 bits per heavy atom. The van der Waals surface area contributed by atoms with Gasteiger partial charge in [0.2, 0.25) is 0 Å². The van der Waals surface area contributed by atoms with Gasteiger partial charge in [0.05, 0.1) is 11.3 Å². The molecule has 126 valence electrons. The summed E-state index contributed by atoms with van der Waals surface area (Å²) in [5.41, 5.74) is 1.18. The van der Waals surface area contributed by atoms with E-state index in [4.69, 9.17) is 0 Å². The largest absolute Gasteiger partial charge is 0.338 e. The van der Waals surface area contributed by atoms with E-state index in [0.717, 1.165) is 0 Å². The Morgan fingerprint density at radius 2 is 1.83 bits per heavy atom. The van der Waals surface area contributed by atoms with Crippen molar-refractivity contribution >= 4 is 11.9 Å². The molecule has 0 aliphatic carbocycles. The van der Waals surface area contributed by atoms with E-state index in [1.165, 1.54) is 11.0 Å². The summed E-state index contributed by atoms with van der Waals surface area (Å²) >= 11 is 0. The van der Waals surface area contributed by atoms with Crippen molar-refractivity contribution in [1.82, 2.24) is 35.3 Å². The van der Waals surface area contributed by atoms with Crippen LogP contribution in [0.5, 0.6) is 0 Å². The Balaban J connectivity index is 1.72. The standard InChI is InChI=1S/C15H19N7O2/c1-2-16-15(24)21-9-7-20(8-10-21)14(23)12-5-3-4-6-13(12)22-11-17-18-19-22/h3-6,11H,2,7-10H2,1H3,(H,16,24). The molecule has 9 heteroatoms. The highest BCUT2D eigenvalue weighted by atomic mass is 16.2. The van der Waals surface area contributed by atoms with Crippen LogP contribution in [0.2, 0.25) is 0 Å². The molecule has 1 fully saturated rings. The van der Waals surface area contributed by atoms with Crippen molar-refractivity contribution in [3.05, 3.63) is 36.2 Å². The van der Waals surface area contributed by atoms with Crippen LogP contribution in [0.15, 0.2) is 30.6 Å². The topological polar surface area (TPSA) is 96.2 Å². The van der Waals surface area contributed by atoms with Crippen molar-refractivity contribution in [2.75, 3.05) is 32.7 Å². The first-order valence-corrected chi connectivity index (χ1v) is 7.85. The zero-order valence-electron chi connectivity index (χ0n) is 13.4. The molecule has 2 heterocycles. The quantitative estimate of drug-likeness (QED) is 0.865. The number of urea groups is 1. The minimum Gasteiger partial charge on any atom is -0.338 e. The molecule has 1 aromatic carbocycles. The van der Waals surface area contributed by atoms with Gasteiger partial charge in [-0.1, -0.05) is 12.1 Å². The van der Waals surface area contributed by atoms with Crippen molar-refractivity contribution in [2.24, 2.45) is 0 Å². The van der Waals surface area contributed by atoms with Gasteiger partial charge < -0.3 is 15.1 Å². The van der Waals surface area contributed by atoms with E-state index < -0.39 is 0 Å². The Labute approximate surface area is 139 Å². The Hall–Kier alpha value is -2.97. The van der Waals surface area contributed by atoms with Gasteiger partial charge in [0.15, 0.2) is 0 Å². The fourth-order valence-electron chi connectivity index (χ4n) is 2.67. The van der Waals surface area contributed by atoms with Crippen LogP contribution in [0, 0.1) is 0 Å². The van der Waals surface area contributed by atoms with Gasteiger partial charge in [0.1, 0.15) is 6.33 Å². The molecule has 0 saturated carbocycles. The second-order valence-corrected chi connectivity index (χ2v) is 5.39. The van der Waals surface area contributed by atoms with Gasteiger partial charge in [-0.05, 0) is 29.5 Å². The predicted octanol–water partition coefficient (Wildman–Crippen LogP) is 0.150. The normalized spacial score (nSPS) is 14.5. The second kappa shape index (κ2) is 7.07. The van der Waals surface area contributed by atoms with Gasteiger partial charge in [-0.25, -0.2) is 4.79 Å². The number of benzene rings is 1. The number of hydrogen-bond donors (Lipinski definition) is 1. The Morgan fingerprint density at radius 3 is 2.50 bits per heavy atom. The number of hydrogen-bond acceptors (Lipinski definition) is 5. The molecule has 0 bridgehead atoms. The van der Waals surface area contributed by atoms with Crippen molar-refractivity contribution in [3.8, 4) is 5.69 Å². The number of amides is 3. The summed E-state index contributed by atoms with van der Waals surface area (Å²) in [7, 11) is 0. The monoisotopic (exact) mass is 329 g/mol. The minimum atomic E-state index is -0.0864. The zero-order valence-corrected chi connectivity index (χ0v) is 13.4. The van der Waals surface area contributed by atoms with Crippen LogP contribution in [0.25, 0.3) is 5.69 Å². The third kappa shape index (κ3) is 3.19. The molecule has 1 aliphatic rings. The van der Waals surface area contributed by atoms with Crippen LogP contribution in [-0.4, -0.2) is 74.7 Å². The molecule has 0 radical (unpaired) electrons. The van der Waals surface area contributed by atoms with Crippen LogP contribution in [0.4, 0.5) is 4.79 Å². The molecule has 9 nitrogen and oxygen atoms in total. The lowest BCUT2D eigenvalue weighted by atomic mass is 10.1. The average Bonchev–Trinajstić information content (AvgIpc) is 3.16. The Kier molecular flexibility index (Phi) is 4.69. The van der Waals surface area contributed by atoms with Gasteiger partial charge in [-0.15, -0.1) is 5.10 Å². The number of carbonyl (C=O) groups excluding carboxylic acids is 2. The maximum Gasteiger partial charge on any atom is 0.317 e. The highest BCUT2D eigenvalue weighted by molar-refractivity contribution is 5.97. The molecule has 0 unspecified atom stereocenters. The molecule has 0 spiro atoms. The third-order valence-corrected chi connectivity index (χ3v) is 3.91. The molecule has 2 aromatic rings. The average molecular weight is 329 g/mol. The fourth-order valence-corrected chi connectivity index (χ4v) is 2.67. The van der Waals surface area contributed by atoms with E-state index in [1.54, 1.807) is 21.9 Å². The molecule has 0 atom stereocenters. The molecule has 24 heavy (non-hydrogen) atoms. The maximum absolute atomic E-state index is 12.8. The lowest BCUT2D eigenvalue weighted by Crippen LogP contribution is -2.53. The summed E-state index contributed by atoms with van der Waals surface area (Å²) < 4.78 is 1.47. The number of piperazine rings is 1. The van der Waals surface area contributed by atoms with E-state index in [1.807, 2.05) is 19.1 Å². The molecular formula is C15H19N7O2. The first-order valence-electron chi connectivity index (χ1n) is 7.85. The van der Waals surface area contributed by atoms with E-state index in [2.05, 4.69) is 20.8 Å². The van der Waals surface area contributed by atoms with E-state index in [0.29, 0.717) is 44.0 Å². The van der Waals surface area contributed by atoms with Crippen molar-refractivity contribution in [3.63, 3.8) is 0 Å². The van der Waals surface area contributed by atoms with Gasteiger partial charge in [-0.3, -0.25) is 4.79 Å². The fraction of sp³-hybridized carbons (Fsp3) is 0.400. The smallest absolute Gasteiger partial charge is 0.317 e. The number of carbonyl (C=O) groups is 2. The predicted molar refractivity (Wildman–Crippen MR) is 85.7 cm³/mol. The lowest BCUT2D eigenvalue weighted by molar-refractivity contribution is 0.0665. The SMILES string of the molecule is CCNC(=O)N1CCN(C(=O)c2ccccc2-n2cnnn2)CC1. The molecule has 1 aliphatic heterocycles. The number of nitrogens with zero attached hydrogens (tertiary/aromatic N) is 6. The van der Waals surface area contributed by atoms with Gasteiger partial charge in [-0.2, -0.15) is 4.68 Å². The lowest BCUT2D eigenvalue weighted by Gasteiger charge is -2.34. The van der Waals surface area contributed by atoms with Crippen LogP contribution in [0.1, 0.15) is 17.3 Å². The summed E-state index contributed by atoms with van der Waals surface area (Å²) in [5, 5.41) is 13.9. The summed E-state index contributed by atoms with van der Waals surface area (Å²) in [6.07, 6.45) is 1.46. The summed E-state index contributed by atoms with van der Waals surface area (Å²) in [5.74, 6) is -0.0864. The molecular weight excluding hydrogens is 310 g/mol. The van der Waals surface area contributed by atoms with Crippen molar-refractivity contribution < 1.29 is 9.59 Å². The van der Waals surface area contributed by atoms with Crippen molar-refractivity contribution in [2.45, 2.75) is 6.92 Å². The van der Waals surface area contributed by atoms with Gasteiger partial charge in [0, 0.05) is 32.7 Å². The molecule has 3 rings (SSSR count). The summed E-state index contributed by atoms with van der Waals surface area (Å²) in [6, 6.07) is 7.12. The minimum absolute atomic E-state index is 0.0845. The van der Waals surface area contributed by atoms with Crippen LogP contribution in [-0.2, 0) is 0 Å². The maximum atomic E-state index is 12.8. The Bertz CT molecular complexity index is 708. The van der Waals surface area contributed by atoms with E-state index >= 15 is 0 Å². The van der Waals surface area contributed by atoms with Crippen LogP contribution >= 0.6 is 0 Å². The summed E-state index contributed by atoms with van der Waals surface area (Å²) in [6.45, 7) is 4.51. The molecule has 1 saturated heterocycles. The number of rotatable bonds is 3. The highest BCUT2D eigenvalue weighted by Gasteiger charge is 2.26. The molecule has 1 aromatic heterocycles. The first-order chi connectivity index (χ1) is 11.7. The number of nitrogens with one attached hydrogen (secondary N) is 1. The number of aromatic nitrogens is 4. The second-order valence-electron chi connectivity index (χ2n) is 5.39. The van der Waals surface area contributed by atoms with Gasteiger partial charge in [0.25, 0.3) is 5.91 Å². The first kappa shape index (κ1) is 15.9. The molecule has 1 N–H and O–H groups in total. The zero-order chi connectivity index (χ0) is 16.9. The highest BCUT2D eigenvalue weighted by Crippen LogP contribution is 2.16. The number of para-hydroxylation sites is 1. The van der Waals surface area contributed by atoms with Crippen LogP contribution in [0.3, 0.4) is 0 Å². The summed E-state index contributed by atoms with van der Waals surface area (Å²) in [4.78, 5) is 28.2. The van der Waals surface area contributed by atoms with E-state index in [-0.39, 0.29) is 11.9 Å². The molecule has 3 amide bonds.